The van der Waals surface area contributed by atoms with E-state index >= 15 is 0 Å². The maximum Gasteiger partial charge on any atom is 0.239 e. The van der Waals surface area contributed by atoms with Crippen LogP contribution in [-0.4, -0.2) is 21.3 Å². The van der Waals surface area contributed by atoms with E-state index in [0.29, 0.717) is 10.2 Å². The molecule has 3 N–H and O–H groups in total. The third-order valence-electron chi connectivity index (χ3n) is 4.59. The van der Waals surface area contributed by atoms with Gasteiger partial charge in [0.25, 0.3) is 0 Å². The number of thiocarbonyl (C=S) groups is 1. The van der Waals surface area contributed by atoms with E-state index in [1.807, 2.05) is 85.3 Å². The average Bonchev–Trinajstić information content (AvgIpc) is 3.47. The summed E-state index contributed by atoms with van der Waals surface area (Å²) in [5, 5.41) is 14.1. The van der Waals surface area contributed by atoms with Gasteiger partial charge in [-0.1, -0.05) is 29.8 Å². The fraction of sp³-hybridized carbons (Fsp3) is 0.125. The molecule has 2 heterocycles. The van der Waals surface area contributed by atoms with Crippen LogP contribution in [0.1, 0.15) is 12.5 Å². The number of thiophene rings is 1. The highest BCUT2D eigenvalue weighted by Crippen LogP contribution is 2.30. The number of aryl methyl sites for hydroxylation is 1. The summed E-state index contributed by atoms with van der Waals surface area (Å²) in [4.78, 5) is 19.3. The van der Waals surface area contributed by atoms with Crippen molar-refractivity contribution < 1.29 is 4.79 Å². The second-order valence-electron chi connectivity index (χ2n) is 7.24. The van der Waals surface area contributed by atoms with Crippen LogP contribution in [0.4, 0.5) is 16.5 Å². The molecule has 2 aromatic carbocycles. The Balaban J connectivity index is 1.32. The first-order chi connectivity index (χ1) is 16.0. The minimum Gasteiger partial charge on any atom is -0.332 e. The molecule has 0 saturated carbocycles. The molecule has 9 heteroatoms. The van der Waals surface area contributed by atoms with Gasteiger partial charge in [-0.25, -0.2) is 4.98 Å². The fourth-order valence-electron chi connectivity index (χ4n) is 2.91. The molecule has 1 amide bonds. The summed E-state index contributed by atoms with van der Waals surface area (Å²) in [6, 6.07) is 19.9. The number of aromatic nitrogens is 1. The predicted octanol–water partition coefficient (Wildman–Crippen LogP) is 7.11. The Hall–Kier alpha value is -2.72. The Morgan fingerprint density at radius 3 is 2.55 bits per heavy atom. The molecule has 168 valence electrons. The van der Waals surface area contributed by atoms with Crippen molar-refractivity contribution in [1.82, 2.24) is 4.98 Å². The summed E-state index contributed by atoms with van der Waals surface area (Å²) < 4.78 is 0. The third-order valence-corrected chi connectivity index (χ3v) is 7.54. The molecule has 0 aliphatic carbocycles. The van der Waals surface area contributed by atoms with E-state index in [2.05, 4.69) is 20.9 Å². The molecule has 0 aliphatic rings. The Morgan fingerprint density at radius 1 is 1.00 bits per heavy atom. The Labute approximate surface area is 210 Å². The molecular formula is C24H22N4OS4. The lowest BCUT2D eigenvalue weighted by atomic mass is 10.2. The van der Waals surface area contributed by atoms with Crippen molar-refractivity contribution in [3.63, 3.8) is 0 Å². The SMILES string of the molecule is Cc1ccc(NC(=S)Nc2cccc(SC(C)C(=O)Nc3nc(-c4cccs4)cs3)c2)cc1. The quantitative estimate of drug-likeness (QED) is 0.182. The maximum atomic E-state index is 12.7. The van der Waals surface area contributed by atoms with Crippen LogP contribution in [0.5, 0.6) is 0 Å². The van der Waals surface area contributed by atoms with Crippen LogP contribution in [0.15, 0.2) is 76.3 Å². The van der Waals surface area contributed by atoms with Crippen LogP contribution in [0.3, 0.4) is 0 Å². The average molecular weight is 511 g/mol. The predicted molar refractivity (Wildman–Crippen MR) is 147 cm³/mol. The molecule has 0 radical (unpaired) electrons. The van der Waals surface area contributed by atoms with Gasteiger partial charge in [0.2, 0.25) is 5.91 Å². The van der Waals surface area contributed by atoms with E-state index in [4.69, 9.17) is 12.2 Å². The summed E-state index contributed by atoms with van der Waals surface area (Å²) in [6.45, 7) is 3.93. The smallest absolute Gasteiger partial charge is 0.239 e. The van der Waals surface area contributed by atoms with Crippen molar-refractivity contribution in [2.24, 2.45) is 0 Å². The number of nitrogens with one attached hydrogen (secondary N) is 3. The first-order valence-electron chi connectivity index (χ1n) is 10.2. The first-order valence-corrected chi connectivity index (χ1v) is 13.2. The molecule has 5 nitrogen and oxygen atoms in total. The second-order valence-corrected chi connectivity index (χ2v) is 10.9. The van der Waals surface area contributed by atoms with E-state index in [9.17, 15) is 4.79 Å². The Bertz CT molecular complexity index is 1240. The van der Waals surface area contributed by atoms with E-state index in [1.165, 1.54) is 28.7 Å². The van der Waals surface area contributed by atoms with Gasteiger partial charge in [-0.3, -0.25) is 4.79 Å². The zero-order valence-corrected chi connectivity index (χ0v) is 21.3. The number of thiazole rings is 1. The third kappa shape index (κ3) is 6.64. The van der Waals surface area contributed by atoms with E-state index in [0.717, 1.165) is 26.8 Å². The summed E-state index contributed by atoms with van der Waals surface area (Å²) in [5.41, 5.74) is 3.87. The van der Waals surface area contributed by atoms with Crippen LogP contribution >= 0.6 is 46.7 Å². The molecular weight excluding hydrogens is 489 g/mol. The number of hydrogen-bond acceptors (Lipinski definition) is 6. The Kier molecular flexibility index (Phi) is 7.77. The molecule has 0 saturated heterocycles. The van der Waals surface area contributed by atoms with Crippen molar-refractivity contribution in [2.75, 3.05) is 16.0 Å². The number of anilines is 3. The lowest BCUT2D eigenvalue weighted by Crippen LogP contribution is -2.22. The van der Waals surface area contributed by atoms with Crippen LogP contribution in [0.2, 0.25) is 0 Å². The summed E-state index contributed by atoms with van der Waals surface area (Å²) >= 11 is 9.98. The van der Waals surface area contributed by atoms with E-state index < -0.39 is 0 Å². The lowest BCUT2D eigenvalue weighted by Gasteiger charge is -2.13. The van der Waals surface area contributed by atoms with Gasteiger partial charge >= 0.3 is 0 Å². The van der Waals surface area contributed by atoms with Gasteiger partial charge in [0, 0.05) is 21.7 Å². The van der Waals surface area contributed by atoms with Crippen LogP contribution in [0, 0.1) is 6.92 Å². The summed E-state index contributed by atoms with van der Waals surface area (Å²) in [7, 11) is 0. The van der Waals surface area contributed by atoms with Gasteiger partial charge in [0.1, 0.15) is 0 Å². The first kappa shape index (κ1) is 23.4. The van der Waals surface area contributed by atoms with Gasteiger partial charge in [-0.15, -0.1) is 34.4 Å². The number of amides is 1. The Morgan fingerprint density at radius 2 is 1.79 bits per heavy atom. The number of hydrogen-bond donors (Lipinski definition) is 3. The standard InChI is InChI=1S/C24H22N4OS4/c1-15-8-10-17(11-9-15)25-23(30)26-18-5-3-6-19(13-18)33-16(2)22(29)28-24-27-20(14-32-24)21-7-4-12-31-21/h3-14,16H,1-2H3,(H2,25,26,30)(H,27,28,29). The van der Waals surface area contributed by atoms with Gasteiger partial charge in [0.05, 0.1) is 15.8 Å². The summed E-state index contributed by atoms with van der Waals surface area (Å²) in [6.07, 6.45) is 0. The topological polar surface area (TPSA) is 66.0 Å². The second kappa shape index (κ2) is 10.9. The fourth-order valence-corrected chi connectivity index (χ4v) is 5.55. The zero-order chi connectivity index (χ0) is 23.2. The highest BCUT2D eigenvalue weighted by atomic mass is 32.2. The lowest BCUT2D eigenvalue weighted by molar-refractivity contribution is -0.115. The van der Waals surface area contributed by atoms with Crippen LogP contribution < -0.4 is 16.0 Å². The molecule has 1 unspecified atom stereocenters. The van der Waals surface area contributed by atoms with Crippen molar-refractivity contribution in [1.29, 1.82) is 0 Å². The van der Waals surface area contributed by atoms with Gasteiger partial charge in [-0.2, -0.15) is 0 Å². The minimum absolute atomic E-state index is 0.0815. The van der Waals surface area contributed by atoms with Gasteiger partial charge < -0.3 is 16.0 Å². The molecule has 2 aromatic heterocycles. The minimum atomic E-state index is -0.285. The number of carbonyl (C=O) groups excluding carboxylic acids is 1. The molecule has 0 fully saturated rings. The molecule has 4 rings (SSSR count). The molecule has 0 aliphatic heterocycles. The van der Waals surface area contributed by atoms with E-state index in [1.54, 1.807) is 11.3 Å². The molecule has 1 atom stereocenters. The largest absolute Gasteiger partial charge is 0.332 e. The monoisotopic (exact) mass is 510 g/mol. The molecule has 0 bridgehead atoms. The van der Waals surface area contributed by atoms with Crippen molar-refractivity contribution in [3.8, 4) is 10.6 Å². The van der Waals surface area contributed by atoms with Crippen molar-refractivity contribution in [2.45, 2.75) is 24.0 Å². The number of nitrogens with zero attached hydrogens (tertiary/aromatic N) is 1. The van der Waals surface area contributed by atoms with Gasteiger partial charge in [0.15, 0.2) is 10.2 Å². The highest BCUT2D eigenvalue weighted by molar-refractivity contribution is 8.00. The number of carbonyl (C=O) groups is 1. The van der Waals surface area contributed by atoms with Crippen molar-refractivity contribution >= 4 is 74.2 Å². The number of rotatable bonds is 7. The summed E-state index contributed by atoms with van der Waals surface area (Å²) in [5.74, 6) is -0.0815. The van der Waals surface area contributed by atoms with Crippen molar-refractivity contribution in [3.05, 3.63) is 77.0 Å². The number of benzene rings is 2. The number of thioether (sulfide) groups is 1. The van der Waals surface area contributed by atoms with E-state index in [-0.39, 0.29) is 11.2 Å². The van der Waals surface area contributed by atoms with Crippen LogP contribution in [-0.2, 0) is 4.79 Å². The molecule has 0 spiro atoms. The molecule has 33 heavy (non-hydrogen) atoms. The highest BCUT2D eigenvalue weighted by Gasteiger charge is 2.17. The normalized spacial score (nSPS) is 11.6. The zero-order valence-electron chi connectivity index (χ0n) is 18.0. The molecule has 4 aromatic rings. The maximum absolute atomic E-state index is 12.7. The van der Waals surface area contributed by atoms with Crippen LogP contribution in [0.25, 0.3) is 10.6 Å². The van der Waals surface area contributed by atoms with Gasteiger partial charge in [-0.05, 0) is 67.8 Å².